The number of benzene rings is 1. The maximum absolute atomic E-state index is 11.1. The average molecular weight is 462 g/mol. The molecule has 3 atom stereocenters. The van der Waals surface area contributed by atoms with Gasteiger partial charge in [-0.3, -0.25) is 4.18 Å². The molecule has 4 aromatic rings. The molecular formula is C20H20ClN5O4S. The summed E-state index contributed by atoms with van der Waals surface area (Å²) in [5, 5.41) is 17.8. The number of rotatable bonds is 5. The summed E-state index contributed by atoms with van der Waals surface area (Å²) >= 11 is 6.10. The van der Waals surface area contributed by atoms with Gasteiger partial charge in [0.15, 0.2) is 0 Å². The lowest BCUT2D eigenvalue weighted by molar-refractivity contribution is 0.100. The van der Waals surface area contributed by atoms with E-state index in [9.17, 15) is 13.5 Å². The number of fused-ring (bicyclic) bond motifs is 2. The molecule has 11 heteroatoms. The van der Waals surface area contributed by atoms with Crippen molar-refractivity contribution in [1.82, 2.24) is 19.5 Å². The normalized spacial score (nSPS) is 22.0. The monoisotopic (exact) mass is 461 g/mol. The molecule has 0 unspecified atom stereocenters. The topological polar surface area (TPSA) is 136 Å². The molecule has 0 spiro atoms. The van der Waals surface area contributed by atoms with Gasteiger partial charge >= 0.3 is 10.3 Å². The summed E-state index contributed by atoms with van der Waals surface area (Å²) in [6.07, 6.45) is 3.75. The van der Waals surface area contributed by atoms with Gasteiger partial charge in [0.25, 0.3) is 0 Å². The summed E-state index contributed by atoms with van der Waals surface area (Å²) in [4.78, 5) is 12.3. The van der Waals surface area contributed by atoms with E-state index in [1.165, 1.54) is 6.33 Å². The number of aliphatic hydroxyl groups is 1. The molecule has 0 radical (unpaired) electrons. The van der Waals surface area contributed by atoms with Gasteiger partial charge in [0.05, 0.1) is 24.1 Å². The Hall–Kier alpha value is -2.50. The Morgan fingerprint density at radius 1 is 1.26 bits per heavy atom. The van der Waals surface area contributed by atoms with Crippen LogP contribution in [0.4, 0.5) is 0 Å². The predicted octanol–water partition coefficient (Wildman–Crippen LogP) is 2.77. The number of H-pyrrole nitrogens is 1. The Kier molecular flexibility index (Phi) is 4.98. The van der Waals surface area contributed by atoms with Crippen LogP contribution < -0.4 is 5.14 Å². The van der Waals surface area contributed by atoms with Crippen LogP contribution in [0.2, 0.25) is 5.02 Å². The van der Waals surface area contributed by atoms with Crippen LogP contribution in [0.15, 0.2) is 42.9 Å². The second-order valence-corrected chi connectivity index (χ2v) is 9.48. The molecule has 1 fully saturated rings. The van der Waals surface area contributed by atoms with Gasteiger partial charge in [-0.2, -0.15) is 8.42 Å². The molecule has 1 aliphatic rings. The van der Waals surface area contributed by atoms with E-state index in [4.69, 9.17) is 20.9 Å². The van der Waals surface area contributed by atoms with Crippen LogP contribution in [0.5, 0.6) is 0 Å². The minimum atomic E-state index is -4.04. The van der Waals surface area contributed by atoms with E-state index >= 15 is 0 Å². The molecule has 1 saturated carbocycles. The lowest BCUT2D eigenvalue weighted by atomic mass is 10.1. The first-order valence-electron chi connectivity index (χ1n) is 9.74. The minimum absolute atomic E-state index is 0.0501. The molecule has 162 valence electrons. The van der Waals surface area contributed by atoms with Crippen molar-refractivity contribution in [3.8, 4) is 11.4 Å². The molecule has 0 aliphatic heterocycles. The number of nitrogens with zero attached hydrogens (tertiary/aromatic N) is 3. The largest absolute Gasteiger partial charge is 0.393 e. The van der Waals surface area contributed by atoms with E-state index in [1.807, 2.05) is 41.1 Å². The maximum atomic E-state index is 11.1. The highest BCUT2D eigenvalue weighted by Crippen LogP contribution is 2.38. The highest BCUT2D eigenvalue weighted by atomic mass is 35.5. The van der Waals surface area contributed by atoms with Crippen molar-refractivity contribution in [2.75, 3.05) is 6.61 Å². The molecule has 3 heterocycles. The highest BCUT2D eigenvalue weighted by molar-refractivity contribution is 7.84. The van der Waals surface area contributed by atoms with Crippen LogP contribution >= 0.6 is 11.6 Å². The second kappa shape index (κ2) is 7.57. The molecule has 1 aliphatic carbocycles. The van der Waals surface area contributed by atoms with Crippen LogP contribution in [-0.4, -0.2) is 45.8 Å². The smallest absolute Gasteiger partial charge is 0.333 e. The van der Waals surface area contributed by atoms with Gasteiger partial charge in [0.1, 0.15) is 12.0 Å². The Morgan fingerprint density at radius 2 is 2.10 bits per heavy atom. The van der Waals surface area contributed by atoms with Crippen molar-refractivity contribution < 1.29 is 17.7 Å². The molecule has 5 rings (SSSR count). The predicted molar refractivity (Wildman–Crippen MR) is 117 cm³/mol. The van der Waals surface area contributed by atoms with Crippen molar-refractivity contribution in [2.45, 2.75) is 25.0 Å². The summed E-state index contributed by atoms with van der Waals surface area (Å²) in [7, 11) is -4.04. The van der Waals surface area contributed by atoms with Crippen molar-refractivity contribution in [1.29, 1.82) is 0 Å². The van der Waals surface area contributed by atoms with Crippen molar-refractivity contribution in [3.63, 3.8) is 0 Å². The number of nitrogens with two attached hydrogens (primary N) is 1. The van der Waals surface area contributed by atoms with E-state index in [0.29, 0.717) is 17.9 Å². The molecule has 31 heavy (non-hydrogen) atoms. The Labute approximate surface area is 183 Å². The Morgan fingerprint density at radius 3 is 2.90 bits per heavy atom. The van der Waals surface area contributed by atoms with Crippen LogP contribution in [-0.2, 0) is 14.5 Å². The third-order valence-electron chi connectivity index (χ3n) is 5.82. The SMILES string of the molecule is NS(=O)(=O)OC[C@@H]1C[C@@H](n2ccc3c(-c4cc5ccc(Cl)cc5[nH]4)ncnc32)C[C@@H]1O. The summed E-state index contributed by atoms with van der Waals surface area (Å²) < 4.78 is 28.8. The van der Waals surface area contributed by atoms with Crippen molar-refractivity contribution in [2.24, 2.45) is 11.1 Å². The van der Waals surface area contributed by atoms with Crippen molar-refractivity contribution >= 4 is 43.8 Å². The number of aromatic nitrogens is 4. The fraction of sp³-hybridized carbons (Fsp3) is 0.300. The average Bonchev–Trinajstić information content (AvgIpc) is 3.41. The van der Waals surface area contributed by atoms with E-state index in [1.54, 1.807) is 0 Å². The van der Waals surface area contributed by atoms with E-state index in [2.05, 4.69) is 15.0 Å². The van der Waals surface area contributed by atoms with E-state index in [0.717, 1.165) is 33.3 Å². The van der Waals surface area contributed by atoms with Gasteiger partial charge in [-0.25, -0.2) is 15.1 Å². The zero-order valence-corrected chi connectivity index (χ0v) is 17.8. The summed E-state index contributed by atoms with van der Waals surface area (Å²) in [5.74, 6) is -0.333. The van der Waals surface area contributed by atoms with Gasteiger partial charge < -0.3 is 14.7 Å². The number of aromatic amines is 1. The third-order valence-corrected chi connectivity index (χ3v) is 6.52. The lowest BCUT2D eigenvalue weighted by Crippen LogP contribution is -2.24. The maximum Gasteiger partial charge on any atom is 0.333 e. The zero-order valence-electron chi connectivity index (χ0n) is 16.3. The quantitative estimate of drug-likeness (QED) is 0.418. The van der Waals surface area contributed by atoms with E-state index in [-0.39, 0.29) is 18.6 Å². The molecule has 0 saturated heterocycles. The molecule has 4 N–H and O–H groups in total. The first-order chi connectivity index (χ1) is 14.8. The van der Waals surface area contributed by atoms with Crippen LogP contribution in [0.3, 0.4) is 0 Å². The molecule has 1 aromatic carbocycles. The van der Waals surface area contributed by atoms with Gasteiger partial charge in [-0.15, -0.1) is 0 Å². The molecule has 0 bridgehead atoms. The van der Waals surface area contributed by atoms with Crippen LogP contribution in [0, 0.1) is 5.92 Å². The standard InChI is InChI=1S/C20H20ClN5O4S/c21-13-2-1-11-6-17(25-16(11)7-13)19-15-3-4-26(20(15)24-10-23-19)14-5-12(18(27)8-14)9-30-31(22,28)29/h1-4,6-7,10,12,14,18,25,27H,5,8-9H2,(H2,22,28,29)/t12-,14+,18-/m0/s1. The van der Waals surface area contributed by atoms with Gasteiger partial charge in [-0.1, -0.05) is 17.7 Å². The van der Waals surface area contributed by atoms with Crippen LogP contribution in [0.25, 0.3) is 33.3 Å². The number of hydrogen-bond acceptors (Lipinski definition) is 6. The summed E-state index contributed by atoms with van der Waals surface area (Å²) in [5.41, 5.74) is 3.29. The molecule has 0 amide bonds. The lowest BCUT2D eigenvalue weighted by Gasteiger charge is -2.14. The first-order valence-corrected chi connectivity index (χ1v) is 11.6. The Balaban J connectivity index is 1.47. The fourth-order valence-electron chi connectivity index (χ4n) is 4.37. The third kappa shape index (κ3) is 3.92. The van der Waals surface area contributed by atoms with Gasteiger partial charge in [0, 0.05) is 39.5 Å². The number of hydrogen-bond donors (Lipinski definition) is 3. The fourth-order valence-corrected chi connectivity index (χ4v) is 4.91. The van der Waals surface area contributed by atoms with Crippen molar-refractivity contribution in [3.05, 3.63) is 47.9 Å². The van der Waals surface area contributed by atoms with Gasteiger partial charge in [0.2, 0.25) is 0 Å². The second-order valence-electron chi connectivity index (χ2n) is 7.83. The number of nitrogens with one attached hydrogen (secondary N) is 1. The highest BCUT2D eigenvalue weighted by Gasteiger charge is 2.35. The van der Waals surface area contributed by atoms with Crippen LogP contribution in [0.1, 0.15) is 18.9 Å². The number of aliphatic hydroxyl groups excluding tert-OH is 1. The Bertz CT molecular complexity index is 1380. The zero-order chi connectivity index (χ0) is 21.8. The minimum Gasteiger partial charge on any atom is -0.393 e. The molecule has 3 aromatic heterocycles. The first kappa shape index (κ1) is 20.4. The molecule has 9 nitrogen and oxygen atoms in total. The summed E-state index contributed by atoms with van der Waals surface area (Å²) in [6.45, 7) is -0.145. The molecular weight excluding hydrogens is 442 g/mol. The summed E-state index contributed by atoms with van der Waals surface area (Å²) in [6, 6.07) is 9.58. The van der Waals surface area contributed by atoms with E-state index < -0.39 is 16.4 Å². The van der Waals surface area contributed by atoms with Gasteiger partial charge in [-0.05, 0) is 37.1 Å². The number of halogens is 1.